The van der Waals surface area contributed by atoms with Crippen molar-refractivity contribution in [3.05, 3.63) is 90.5 Å². The molecule has 0 bridgehead atoms. The molecule has 1 N–H and O–H groups in total. The molecule has 2 atom stereocenters. The Kier molecular flexibility index (Phi) is 10.5. The van der Waals surface area contributed by atoms with E-state index < -0.39 is 28.5 Å². The van der Waals surface area contributed by atoms with E-state index in [0.29, 0.717) is 23.6 Å². The molecule has 0 aliphatic rings. The van der Waals surface area contributed by atoms with Crippen LogP contribution in [0.3, 0.4) is 0 Å². The zero-order chi connectivity index (χ0) is 28.4. The van der Waals surface area contributed by atoms with Gasteiger partial charge in [0.15, 0.2) is 0 Å². The summed E-state index contributed by atoms with van der Waals surface area (Å²) in [6.07, 6.45) is 2.34. The predicted octanol–water partition coefficient (Wildman–Crippen LogP) is 4.62. The number of carbonyl (C=O) groups is 2. The van der Waals surface area contributed by atoms with Gasteiger partial charge in [-0.3, -0.25) is 13.9 Å². The highest BCUT2D eigenvalue weighted by atomic mass is 32.2. The number of ether oxygens (including phenoxy) is 1. The average Bonchev–Trinajstić information content (AvgIpc) is 2.92. The summed E-state index contributed by atoms with van der Waals surface area (Å²) in [5, 5.41) is 2.93. The standard InChI is InChI=1S/C30H37N3O5S/c1-5-23(2)31-30(35)24(3)32(21-20-25-12-8-6-9-13-25)29(34)22-33(39(4,36)37)26-16-18-28(19-17-26)38-27-14-10-7-11-15-27/h6-19,23-24H,5,20-22H2,1-4H3,(H,31,35)/t23-,24+/m0/s1. The first-order valence-corrected chi connectivity index (χ1v) is 14.9. The molecule has 0 saturated carbocycles. The maximum atomic E-state index is 13.6. The van der Waals surface area contributed by atoms with Crippen molar-refractivity contribution < 1.29 is 22.7 Å². The van der Waals surface area contributed by atoms with Crippen molar-refractivity contribution in [2.75, 3.05) is 23.7 Å². The van der Waals surface area contributed by atoms with Gasteiger partial charge in [-0.05, 0) is 68.7 Å². The largest absolute Gasteiger partial charge is 0.457 e. The quantitative estimate of drug-likeness (QED) is 0.335. The van der Waals surface area contributed by atoms with Gasteiger partial charge in [0, 0.05) is 12.6 Å². The molecule has 8 nitrogen and oxygen atoms in total. The van der Waals surface area contributed by atoms with Crippen molar-refractivity contribution in [3.63, 3.8) is 0 Å². The lowest BCUT2D eigenvalue weighted by atomic mass is 10.1. The van der Waals surface area contributed by atoms with Gasteiger partial charge in [0.2, 0.25) is 21.8 Å². The summed E-state index contributed by atoms with van der Waals surface area (Å²) in [6.45, 7) is 5.36. The van der Waals surface area contributed by atoms with Crippen LogP contribution in [0.5, 0.6) is 11.5 Å². The Morgan fingerprint density at radius 3 is 2.00 bits per heavy atom. The van der Waals surface area contributed by atoms with E-state index in [9.17, 15) is 18.0 Å². The Morgan fingerprint density at radius 1 is 0.872 bits per heavy atom. The number of hydrogen-bond acceptors (Lipinski definition) is 5. The van der Waals surface area contributed by atoms with Gasteiger partial charge >= 0.3 is 0 Å². The Bertz CT molecular complexity index is 1320. The zero-order valence-corrected chi connectivity index (χ0v) is 23.7. The number of hydrogen-bond donors (Lipinski definition) is 1. The number of anilines is 1. The van der Waals surface area contributed by atoms with Crippen LogP contribution >= 0.6 is 0 Å². The molecule has 0 spiro atoms. The van der Waals surface area contributed by atoms with Crippen molar-refractivity contribution in [2.24, 2.45) is 0 Å². The second-order valence-corrected chi connectivity index (χ2v) is 11.4. The van der Waals surface area contributed by atoms with Crippen LogP contribution in [0, 0.1) is 0 Å². The molecular formula is C30H37N3O5S. The maximum Gasteiger partial charge on any atom is 0.244 e. The third-order valence-corrected chi connectivity index (χ3v) is 7.58. The van der Waals surface area contributed by atoms with Crippen LogP contribution in [0.1, 0.15) is 32.8 Å². The van der Waals surface area contributed by atoms with Crippen LogP contribution in [0.4, 0.5) is 5.69 Å². The van der Waals surface area contributed by atoms with Crippen molar-refractivity contribution in [1.29, 1.82) is 0 Å². The molecule has 3 aromatic carbocycles. The number of sulfonamides is 1. The first-order valence-electron chi connectivity index (χ1n) is 13.0. The van der Waals surface area contributed by atoms with Crippen LogP contribution in [-0.2, 0) is 26.0 Å². The minimum Gasteiger partial charge on any atom is -0.457 e. The fourth-order valence-electron chi connectivity index (χ4n) is 3.95. The second-order valence-electron chi connectivity index (χ2n) is 9.50. The lowest BCUT2D eigenvalue weighted by Gasteiger charge is -2.32. The van der Waals surface area contributed by atoms with Crippen molar-refractivity contribution in [3.8, 4) is 11.5 Å². The monoisotopic (exact) mass is 551 g/mol. The Morgan fingerprint density at radius 2 is 1.44 bits per heavy atom. The van der Waals surface area contributed by atoms with Gasteiger partial charge < -0.3 is 15.0 Å². The van der Waals surface area contributed by atoms with Gasteiger partial charge in [0.25, 0.3) is 0 Å². The zero-order valence-electron chi connectivity index (χ0n) is 22.9. The van der Waals surface area contributed by atoms with E-state index in [1.165, 1.54) is 4.90 Å². The predicted molar refractivity (Wildman–Crippen MR) is 154 cm³/mol. The van der Waals surface area contributed by atoms with E-state index >= 15 is 0 Å². The summed E-state index contributed by atoms with van der Waals surface area (Å²) in [7, 11) is -3.81. The molecule has 0 radical (unpaired) electrons. The number of nitrogens with one attached hydrogen (secondary N) is 1. The topological polar surface area (TPSA) is 96.0 Å². The summed E-state index contributed by atoms with van der Waals surface area (Å²) >= 11 is 0. The summed E-state index contributed by atoms with van der Waals surface area (Å²) in [4.78, 5) is 28.0. The van der Waals surface area contributed by atoms with Gasteiger partial charge in [-0.1, -0.05) is 55.5 Å². The van der Waals surface area contributed by atoms with Crippen LogP contribution in [0.2, 0.25) is 0 Å². The first-order chi connectivity index (χ1) is 18.6. The van der Waals surface area contributed by atoms with Crippen LogP contribution in [0.15, 0.2) is 84.9 Å². The Hall–Kier alpha value is -3.85. The summed E-state index contributed by atoms with van der Waals surface area (Å²) in [5.41, 5.74) is 1.34. The molecule has 0 aromatic heterocycles. The molecule has 9 heteroatoms. The Labute approximate surface area is 231 Å². The second kappa shape index (κ2) is 13.8. The van der Waals surface area contributed by atoms with E-state index in [2.05, 4.69) is 5.32 Å². The summed E-state index contributed by atoms with van der Waals surface area (Å²) < 4.78 is 32.4. The van der Waals surface area contributed by atoms with E-state index in [1.54, 1.807) is 31.2 Å². The van der Waals surface area contributed by atoms with Gasteiger partial charge in [-0.15, -0.1) is 0 Å². The minimum absolute atomic E-state index is 0.0461. The van der Waals surface area contributed by atoms with Crippen molar-refractivity contribution >= 4 is 27.5 Å². The van der Waals surface area contributed by atoms with Crippen LogP contribution < -0.4 is 14.4 Å². The first kappa shape index (κ1) is 29.7. The number of carbonyl (C=O) groups excluding carboxylic acids is 2. The molecular weight excluding hydrogens is 514 g/mol. The molecule has 0 aliphatic heterocycles. The number of para-hydroxylation sites is 1. The highest BCUT2D eigenvalue weighted by molar-refractivity contribution is 7.92. The molecule has 0 saturated heterocycles. The molecule has 3 aromatic rings. The SMILES string of the molecule is CC[C@H](C)NC(=O)[C@@H](C)N(CCc1ccccc1)C(=O)CN(c1ccc(Oc2ccccc2)cc1)S(C)(=O)=O. The van der Waals surface area contributed by atoms with Gasteiger partial charge in [-0.25, -0.2) is 8.42 Å². The van der Waals surface area contributed by atoms with Crippen LogP contribution in [-0.4, -0.2) is 56.6 Å². The van der Waals surface area contributed by atoms with Gasteiger partial charge in [-0.2, -0.15) is 0 Å². The fraction of sp³-hybridized carbons (Fsp3) is 0.333. The van der Waals surface area contributed by atoms with Gasteiger partial charge in [0.1, 0.15) is 24.1 Å². The van der Waals surface area contributed by atoms with Gasteiger partial charge in [0.05, 0.1) is 11.9 Å². The molecule has 0 aliphatic carbocycles. The van der Waals surface area contributed by atoms with E-state index in [4.69, 9.17) is 4.74 Å². The Balaban J connectivity index is 1.81. The highest BCUT2D eigenvalue weighted by Gasteiger charge is 2.30. The minimum atomic E-state index is -3.81. The molecule has 39 heavy (non-hydrogen) atoms. The number of rotatable bonds is 13. The molecule has 2 amide bonds. The molecule has 0 fully saturated rings. The van der Waals surface area contributed by atoms with Crippen LogP contribution in [0.25, 0.3) is 0 Å². The third-order valence-electron chi connectivity index (χ3n) is 6.44. The molecule has 0 unspecified atom stereocenters. The molecule has 3 rings (SSSR count). The number of amides is 2. The highest BCUT2D eigenvalue weighted by Crippen LogP contribution is 2.25. The van der Waals surface area contributed by atoms with Crippen molar-refractivity contribution in [2.45, 2.75) is 45.7 Å². The lowest BCUT2D eigenvalue weighted by Crippen LogP contribution is -2.53. The fourth-order valence-corrected chi connectivity index (χ4v) is 4.80. The van der Waals surface area contributed by atoms with E-state index in [1.807, 2.05) is 74.5 Å². The van der Waals surface area contributed by atoms with E-state index in [-0.39, 0.29) is 18.5 Å². The smallest absolute Gasteiger partial charge is 0.244 e. The summed E-state index contributed by atoms with van der Waals surface area (Å²) in [6, 6.07) is 24.5. The summed E-state index contributed by atoms with van der Waals surface area (Å²) in [5.74, 6) is 0.440. The van der Waals surface area contributed by atoms with E-state index in [0.717, 1.165) is 22.5 Å². The molecule has 0 heterocycles. The van der Waals surface area contributed by atoms with Crippen molar-refractivity contribution in [1.82, 2.24) is 10.2 Å². The third kappa shape index (κ3) is 8.85. The maximum absolute atomic E-state index is 13.6. The average molecular weight is 552 g/mol. The normalized spacial score (nSPS) is 12.7. The molecule has 208 valence electrons. The number of benzene rings is 3. The number of nitrogens with zero attached hydrogens (tertiary/aromatic N) is 2. The lowest BCUT2D eigenvalue weighted by molar-refractivity contribution is -0.139.